The van der Waals surface area contributed by atoms with Gasteiger partial charge in [-0.2, -0.15) is 0 Å². The van der Waals surface area contributed by atoms with Gasteiger partial charge in [0.25, 0.3) is 0 Å². The van der Waals surface area contributed by atoms with E-state index in [9.17, 15) is 0 Å². The molecule has 0 aliphatic carbocycles. The summed E-state index contributed by atoms with van der Waals surface area (Å²) in [5, 5.41) is 6.71. The molecule has 0 bridgehead atoms. The number of rotatable bonds is 1. The van der Waals surface area contributed by atoms with E-state index in [1.54, 1.807) is 0 Å². The smallest absolute Gasteiger partial charge is 0.0622 e. The van der Waals surface area contributed by atoms with Crippen LogP contribution in [0.2, 0.25) is 0 Å². The summed E-state index contributed by atoms with van der Waals surface area (Å²) in [5.41, 5.74) is 0. The van der Waals surface area contributed by atoms with E-state index in [1.165, 1.54) is 19.4 Å². The second-order valence-corrected chi connectivity index (χ2v) is 4.88. The van der Waals surface area contributed by atoms with E-state index in [2.05, 4.69) is 31.4 Å². The van der Waals surface area contributed by atoms with Crippen molar-refractivity contribution in [1.29, 1.82) is 0 Å². The molecule has 17 heavy (non-hydrogen) atoms. The Bertz CT molecular complexity index is 150. The maximum Gasteiger partial charge on any atom is 0.0622 e. The molecule has 104 valence electrons. The monoisotopic (exact) mass is 244 g/mol. The lowest BCUT2D eigenvalue weighted by Gasteiger charge is -2.26. The third-order valence-corrected chi connectivity index (χ3v) is 3.06. The SMILES string of the molecule is CC.CC(C)C1COCCN1.CC1CCCN1. The topological polar surface area (TPSA) is 33.3 Å². The molecular weight excluding hydrogens is 212 g/mol. The first-order chi connectivity index (χ1) is 8.20. The number of morpholine rings is 1. The summed E-state index contributed by atoms with van der Waals surface area (Å²) >= 11 is 0. The van der Waals surface area contributed by atoms with Gasteiger partial charge in [-0.3, -0.25) is 0 Å². The minimum absolute atomic E-state index is 0.582. The van der Waals surface area contributed by atoms with Crippen LogP contribution in [0.25, 0.3) is 0 Å². The lowest BCUT2D eigenvalue weighted by atomic mass is 10.1. The molecule has 2 fully saturated rings. The zero-order valence-electron chi connectivity index (χ0n) is 12.4. The van der Waals surface area contributed by atoms with Crippen LogP contribution in [0.3, 0.4) is 0 Å². The summed E-state index contributed by atoms with van der Waals surface area (Å²) in [6, 6.07) is 1.38. The van der Waals surface area contributed by atoms with Crippen LogP contribution in [0.4, 0.5) is 0 Å². The molecule has 2 rings (SSSR count). The Labute approximate surface area is 108 Å². The molecule has 0 saturated carbocycles. The maximum atomic E-state index is 5.28. The van der Waals surface area contributed by atoms with E-state index in [0.29, 0.717) is 12.0 Å². The van der Waals surface area contributed by atoms with Gasteiger partial charge in [-0.15, -0.1) is 0 Å². The van der Waals surface area contributed by atoms with E-state index < -0.39 is 0 Å². The van der Waals surface area contributed by atoms with Crippen molar-refractivity contribution in [3.8, 4) is 0 Å². The Balaban J connectivity index is 0.000000278. The second-order valence-electron chi connectivity index (χ2n) is 4.88. The number of nitrogens with one attached hydrogen (secondary N) is 2. The normalized spacial score (nSPS) is 27.9. The lowest BCUT2D eigenvalue weighted by molar-refractivity contribution is 0.0623. The summed E-state index contributed by atoms with van der Waals surface area (Å²) in [7, 11) is 0. The first-order valence-corrected chi connectivity index (χ1v) is 7.24. The van der Waals surface area contributed by atoms with Gasteiger partial charge < -0.3 is 15.4 Å². The highest BCUT2D eigenvalue weighted by atomic mass is 16.5. The third kappa shape index (κ3) is 8.58. The molecule has 2 N–H and O–H groups in total. The molecule has 0 amide bonds. The van der Waals surface area contributed by atoms with Crippen molar-refractivity contribution in [2.24, 2.45) is 5.92 Å². The summed E-state index contributed by atoms with van der Waals surface area (Å²) in [6.45, 7) is 14.7. The van der Waals surface area contributed by atoms with Crippen molar-refractivity contribution in [2.75, 3.05) is 26.3 Å². The zero-order chi connectivity index (χ0) is 13.1. The van der Waals surface area contributed by atoms with Crippen LogP contribution in [-0.2, 0) is 4.74 Å². The zero-order valence-corrected chi connectivity index (χ0v) is 12.4. The summed E-state index contributed by atoms with van der Waals surface area (Å²) in [4.78, 5) is 0. The maximum absolute atomic E-state index is 5.28. The Morgan fingerprint density at radius 3 is 2.06 bits per heavy atom. The molecule has 2 atom stereocenters. The van der Waals surface area contributed by atoms with E-state index in [4.69, 9.17) is 4.74 Å². The van der Waals surface area contributed by atoms with E-state index in [1.807, 2.05) is 13.8 Å². The molecule has 0 spiro atoms. The quantitative estimate of drug-likeness (QED) is 0.743. The van der Waals surface area contributed by atoms with Gasteiger partial charge in [-0.05, 0) is 32.2 Å². The summed E-state index contributed by atoms with van der Waals surface area (Å²) < 4.78 is 5.28. The van der Waals surface area contributed by atoms with Crippen LogP contribution in [0.5, 0.6) is 0 Å². The minimum Gasteiger partial charge on any atom is -0.379 e. The average Bonchev–Trinajstić information content (AvgIpc) is 2.85. The Kier molecular flexibility index (Phi) is 10.9. The molecule has 3 heteroatoms. The van der Waals surface area contributed by atoms with Gasteiger partial charge in [0.1, 0.15) is 0 Å². The summed E-state index contributed by atoms with van der Waals surface area (Å²) in [6.07, 6.45) is 2.75. The predicted molar refractivity (Wildman–Crippen MR) is 75.5 cm³/mol. The van der Waals surface area contributed by atoms with Crippen LogP contribution in [0, 0.1) is 5.92 Å². The summed E-state index contributed by atoms with van der Waals surface area (Å²) in [5.74, 6) is 0.699. The van der Waals surface area contributed by atoms with E-state index in [-0.39, 0.29) is 0 Å². The molecule has 2 aliphatic heterocycles. The van der Waals surface area contributed by atoms with Crippen LogP contribution in [-0.4, -0.2) is 38.4 Å². The van der Waals surface area contributed by atoms with Crippen LogP contribution < -0.4 is 10.6 Å². The Morgan fingerprint density at radius 1 is 1.12 bits per heavy atom. The van der Waals surface area contributed by atoms with Crippen molar-refractivity contribution < 1.29 is 4.74 Å². The minimum atomic E-state index is 0.582. The van der Waals surface area contributed by atoms with Crippen molar-refractivity contribution in [3.05, 3.63) is 0 Å². The molecule has 2 unspecified atom stereocenters. The lowest BCUT2D eigenvalue weighted by Crippen LogP contribution is -2.44. The average molecular weight is 244 g/mol. The molecule has 2 heterocycles. The Morgan fingerprint density at radius 2 is 1.82 bits per heavy atom. The highest BCUT2D eigenvalue weighted by Gasteiger charge is 2.15. The van der Waals surface area contributed by atoms with Gasteiger partial charge in [0.05, 0.1) is 13.2 Å². The molecular formula is C14H32N2O. The molecule has 0 aromatic heterocycles. The molecule has 0 radical (unpaired) electrons. The number of hydrogen-bond donors (Lipinski definition) is 2. The van der Waals surface area contributed by atoms with Crippen LogP contribution in [0.1, 0.15) is 47.5 Å². The number of ether oxygens (including phenoxy) is 1. The molecule has 3 nitrogen and oxygen atoms in total. The van der Waals surface area contributed by atoms with Gasteiger partial charge in [0, 0.05) is 18.6 Å². The van der Waals surface area contributed by atoms with E-state index >= 15 is 0 Å². The third-order valence-electron chi connectivity index (χ3n) is 3.06. The highest BCUT2D eigenvalue weighted by Crippen LogP contribution is 2.04. The fourth-order valence-corrected chi connectivity index (χ4v) is 1.87. The van der Waals surface area contributed by atoms with Gasteiger partial charge in [-0.1, -0.05) is 27.7 Å². The largest absolute Gasteiger partial charge is 0.379 e. The molecule has 0 aromatic carbocycles. The van der Waals surface area contributed by atoms with Gasteiger partial charge >= 0.3 is 0 Å². The second kappa shape index (κ2) is 11.0. The fourth-order valence-electron chi connectivity index (χ4n) is 1.87. The number of hydrogen-bond acceptors (Lipinski definition) is 3. The highest BCUT2D eigenvalue weighted by molar-refractivity contribution is 4.72. The molecule has 2 aliphatic rings. The van der Waals surface area contributed by atoms with Crippen molar-refractivity contribution in [1.82, 2.24) is 10.6 Å². The first kappa shape index (κ1) is 16.9. The predicted octanol–water partition coefficient (Wildman–Crippen LogP) is 2.42. The molecule has 0 aromatic rings. The van der Waals surface area contributed by atoms with Crippen molar-refractivity contribution in [2.45, 2.75) is 59.5 Å². The van der Waals surface area contributed by atoms with Crippen molar-refractivity contribution >= 4 is 0 Å². The van der Waals surface area contributed by atoms with Gasteiger partial charge in [0.15, 0.2) is 0 Å². The van der Waals surface area contributed by atoms with Crippen molar-refractivity contribution in [3.63, 3.8) is 0 Å². The Hall–Kier alpha value is -0.120. The fraction of sp³-hybridized carbons (Fsp3) is 1.00. The van der Waals surface area contributed by atoms with Crippen LogP contribution in [0.15, 0.2) is 0 Å². The van der Waals surface area contributed by atoms with Gasteiger partial charge in [-0.25, -0.2) is 0 Å². The molecule has 2 saturated heterocycles. The van der Waals surface area contributed by atoms with Crippen LogP contribution >= 0.6 is 0 Å². The first-order valence-electron chi connectivity index (χ1n) is 7.24. The van der Waals surface area contributed by atoms with Gasteiger partial charge in [0.2, 0.25) is 0 Å². The van der Waals surface area contributed by atoms with E-state index in [0.717, 1.165) is 25.8 Å². The standard InChI is InChI=1S/C7H15NO.C5H11N.C2H6/c1-6(2)7-5-9-4-3-8-7;1-5-3-2-4-6-5;1-2/h6-8H,3-5H2,1-2H3;5-6H,2-4H2,1H3;1-2H3.